The minimum absolute atomic E-state index is 0. The normalized spacial score (nSPS) is 10.3. The van der Waals surface area contributed by atoms with Gasteiger partial charge >= 0.3 is 29.6 Å². The van der Waals surface area contributed by atoms with Crippen molar-refractivity contribution in [1.29, 1.82) is 0 Å². The smallest absolute Gasteiger partial charge is 0.545 e. The van der Waals surface area contributed by atoms with Gasteiger partial charge in [0.1, 0.15) is 0 Å². The Kier molecular flexibility index (Phi) is 5.00. The standard InChI is InChI=1S/C14H10ClN3O2.Na/c15-12-3-1-9(2-4-12)8-18-13-10(7-17-18)5-11(6-16-13)14(19)20;/h1-7H,8H2,(H,19,20);/q;+1/p-1. The van der Waals surface area contributed by atoms with Crippen LogP contribution in [0.15, 0.2) is 42.7 Å². The summed E-state index contributed by atoms with van der Waals surface area (Å²) in [6.45, 7) is 0.540. The summed E-state index contributed by atoms with van der Waals surface area (Å²) in [6.07, 6.45) is 2.86. The third-order valence-electron chi connectivity index (χ3n) is 2.96. The molecule has 3 rings (SSSR count). The van der Waals surface area contributed by atoms with Crippen LogP contribution in [0, 0.1) is 0 Å². The predicted octanol–water partition coefficient (Wildman–Crippen LogP) is -1.50. The first kappa shape index (κ1) is 16.0. The summed E-state index contributed by atoms with van der Waals surface area (Å²) >= 11 is 5.84. The number of aromatic carboxylic acids is 1. The van der Waals surface area contributed by atoms with Gasteiger partial charge in [0.05, 0.1) is 18.7 Å². The second kappa shape index (κ2) is 6.58. The fraction of sp³-hybridized carbons (Fsp3) is 0.0714. The van der Waals surface area contributed by atoms with Gasteiger partial charge in [0.15, 0.2) is 5.65 Å². The average Bonchev–Trinajstić information content (AvgIpc) is 2.84. The van der Waals surface area contributed by atoms with Gasteiger partial charge in [-0.25, -0.2) is 9.67 Å². The minimum Gasteiger partial charge on any atom is -0.545 e. The molecule has 0 amide bonds. The summed E-state index contributed by atoms with van der Waals surface area (Å²) in [5.74, 6) is -1.25. The van der Waals surface area contributed by atoms with Crippen molar-refractivity contribution in [1.82, 2.24) is 14.8 Å². The Balaban J connectivity index is 0.00000161. The molecule has 0 unspecified atom stereocenters. The molecule has 0 aliphatic rings. The Morgan fingerprint density at radius 3 is 2.62 bits per heavy atom. The first-order chi connectivity index (χ1) is 9.63. The Labute approximate surface area is 147 Å². The van der Waals surface area contributed by atoms with Crippen molar-refractivity contribution in [3.8, 4) is 0 Å². The molecule has 5 nitrogen and oxygen atoms in total. The van der Waals surface area contributed by atoms with Gasteiger partial charge in [-0.05, 0) is 23.8 Å². The van der Waals surface area contributed by atoms with Gasteiger partial charge in [-0.1, -0.05) is 23.7 Å². The van der Waals surface area contributed by atoms with E-state index in [1.807, 2.05) is 24.3 Å². The third-order valence-corrected chi connectivity index (χ3v) is 3.21. The summed E-state index contributed by atoms with van der Waals surface area (Å²) in [5.41, 5.74) is 1.71. The van der Waals surface area contributed by atoms with Crippen LogP contribution in [0.4, 0.5) is 0 Å². The molecule has 0 aliphatic carbocycles. The first-order valence-corrected chi connectivity index (χ1v) is 6.28. The molecule has 3 aromatic rings. The van der Waals surface area contributed by atoms with Gasteiger partial charge in [-0.2, -0.15) is 5.10 Å². The van der Waals surface area contributed by atoms with E-state index in [-0.39, 0.29) is 35.1 Å². The van der Waals surface area contributed by atoms with Crippen molar-refractivity contribution in [2.24, 2.45) is 0 Å². The number of carbonyl (C=O) groups excluding carboxylic acids is 1. The number of nitrogens with zero attached hydrogens (tertiary/aromatic N) is 3. The molecule has 2 heterocycles. The van der Waals surface area contributed by atoms with Crippen molar-refractivity contribution in [3.63, 3.8) is 0 Å². The fourth-order valence-electron chi connectivity index (χ4n) is 1.96. The number of carbonyl (C=O) groups is 1. The van der Waals surface area contributed by atoms with Crippen LogP contribution in [0.3, 0.4) is 0 Å². The number of benzene rings is 1. The number of halogens is 1. The molecule has 1 aromatic carbocycles. The molecule has 0 bridgehead atoms. The average molecular weight is 310 g/mol. The van der Waals surface area contributed by atoms with Crippen molar-refractivity contribution in [2.45, 2.75) is 6.54 Å². The Bertz CT molecular complexity index is 787. The Hall–Kier alpha value is -1.40. The molecule has 0 radical (unpaired) electrons. The molecule has 100 valence electrons. The number of pyridine rings is 1. The van der Waals surface area contributed by atoms with E-state index in [1.165, 1.54) is 12.3 Å². The van der Waals surface area contributed by atoms with Gasteiger partial charge in [0.25, 0.3) is 0 Å². The van der Waals surface area contributed by atoms with Crippen LogP contribution in [0.25, 0.3) is 11.0 Å². The van der Waals surface area contributed by atoms with Crippen LogP contribution in [-0.2, 0) is 6.54 Å². The summed E-state index contributed by atoms with van der Waals surface area (Å²) in [6, 6.07) is 8.94. The molecule has 0 saturated carbocycles. The molecular formula is C14H9ClN3NaO2. The zero-order valence-electron chi connectivity index (χ0n) is 11.3. The fourth-order valence-corrected chi connectivity index (χ4v) is 2.09. The van der Waals surface area contributed by atoms with E-state index in [0.717, 1.165) is 5.56 Å². The minimum atomic E-state index is -1.25. The molecule has 21 heavy (non-hydrogen) atoms. The molecule has 0 spiro atoms. The monoisotopic (exact) mass is 309 g/mol. The summed E-state index contributed by atoms with van der Waals surface area (Å²) in [4.78, 5) is 14.9. The zero-order chi connectivity index (χ0) is 14.1. The molecular weight excluding hydrogens is 301 g/mol. The summed E-state index contributed by atoms with van der Waals surface area (Å²) in [5, 5.41) is 16.3. The van der Waals surface area contributed by atoms with Crippen molar-refractivity contribution >= 4 is 28.6 Å². The van der Waals surface area contributed by atoms with E-state index < -0.39 is 5.97 Å². The molecule has 0 fully saturated rings. The second-order valence-corrected chi connectivity index (χ2v) is 4.79. The molecule has 7 heteroatoms. The topological polar surface area (TPSA) is 70.8 Å². The number of hydrogen-bond donors (Lipinski definition) is 0. The van der Waals surface area contributed by atoms with E-state index in [4.69, 9.17) is 11.6 Å². The maximum atomic E-state index is 10.8. The van der Waals surface area contributed by atoms with Crippen molar-refractivity contribution in [2.75, 3.05) is 0 Å². The molecule has 0 N–H and O–H groups in total. The maximum Gasteiger partial charge on any atom is 1.00 e. The number of rotatable bonds is 3. The van der Waals surface area contributed by atoms with E-state index >= 15 is 0 Å². The van der Waals surface area contributed by atoms with E-state index in [0.29, 0.717) is 22.6 Å². The number of fused-ring (bicyclic) bond motifs is 1. The maximum absolute atomic E-state index is 10.8. The summed E-state index contributed by atoms with van der Waals surface area (Å²) < 4.78 is 1.71. The number of hydrogen-bond acceptors (Lipinski definition) is 4. The first-order valence-electron chi connectivity index (χ1n) is 5.91. The molecule has 0 aliphatic heterocycles. The van der Waals surface area contributed by atoms with Crippen LogP contribution in [-0.4, -0.2) is 20.7 Å². The van der Waals surface area contributed by atoms with E-state index in [1.54, 1.807) is 10.9 Å². The van der Waals surface area contributed by atoms with Crippen LogP contribution in [0.1, 0.15) is 15.9 Å². The molecule has 0 atom stereocenters. The van der Waals surface area contributed by atoms with Gasteiger partial charge < -0.3 is 9.90 Å². The van der Waals surface area contributed by atoms with Crippen molar-refractivity contribution < 1.29 is 39.5 Å². The van der Waals surface area contributed by atoms with Crippen molar-refractivity contribution in [3.05, 3.63) is 58.9 Å². The van der Waals surface area contributed by atoms with Gasteiger partial charge in [-0.15, -0.1) is 0 Å². The number of carboxylic acids is 1. The quantitative estimate of drug-likeness (QED) is 0.552. The van der Waals surface area contributed by atoms with Crippen LogP contribution in [0.2, 0.25) is 5.02 Å². The van der Waals surface area contributed by atoms with Gasteiger partial charge in [0.2, 0.25) is 0 Å². The molecule has 0 saturated heterocycles. The SMILES string of the molecule is O=C([O-])c1cnc2c(cnn2Cc2ccc(Cl)cc2)c1.[Na+]. The van der Waals surface area contributed by atoms with Gasteiger partial charge in [0, 0.05) is 22.2 Å². The van der Waals surface area contributed by atoms with Crippen LogP contribution < -0.4 is 34.7 Å². The predicted molar refractivity (Wildman–Crippen MR) is 72.4 cm³/mol. The third kappa shape index (κ3) is 3.44. The van der Waals surface area contributed by atoms with Crippen LogP contribution in [0.5, 0.6) is 0 Å². The Morgan fingerprint density at radius 1 is 1.24 bits per heavy atom. The number of aromatic nitrogens is 3. The Morgan fingerprint density at radius 2 is 1.95 bits per heavy atom. The zero-order valence-corrected chi connectivity index (χ0v) is 14.0. The number of carboxylic acid groups (broad SMARTS) is 1. The largest absolute Gasteiger partial charge is 1.00 e. The van der Waals surface area contributed by atoms with Gasteiger partial charge in [-0.3, -0.25) is 0 Å². The second-order valence-electron chi connectivity index (χ2n) is 4.35. The summed E-state index contributed by atoms with van der Waals surface area (Å²) in [7, 11) is 0. The van der Waals surface area contributed by atoms with Crippen LogP contribution >= 0.6 is 11.6 Å². The molecule has 2 aromatic heterocycles. The van der Waals surface area contributed by atoms with E-state index in [2.05, 4.69) is 10.1 Å². The van der Waals surface area contributed by atoms with E-state index in [9.17, 15) is 9.90 Å².